The Morgan fingerprint density at radius 2 is 1.86 bits per heavy atom. The Morgan fingerprint density at radius 1 is 1.24 bits per heavy atom. The molecule has 0 bridgehead atoms. The number of carboxylic acids is 1. The lowest BCUT2D eigenvalue weighted by Gasteiger charge is -2.12. The second kappa shape index (κ2) is 5.78. The number of rotatable bonds is 6. The molecule has 0 atom stereocenters. The molecule has 0 radical (unpaired) electrons. The van der Waals surface area contributed by atoms with Crippen LogP contribution in [0.25, 0.3) is 0 Å². The summed E-state index contributed by atoms with van der Waals surface area (Å²) in [6, 6.07) is 5.37. The highest BCUT2D eigenvalue weighted by atomic mass is 16.6. The zero-order chi connectivity index (χ0) is 15.5. The van der Waals surface area contributed by atoms with E-state index in [1.165, 1.54) is 12.1 Å². The molecular weight excluding hydrogens is 278 g/mol. The number of urea groups is 1. The summed E-state index contributed by atoms with van der Waals surface area (Å²) < 4.78 is 0. The number of aliphatic carboxylic acids is 1. The summed E-state index contributed by atoms with van der Waals surface area (Å²) in [7, 11) is 0. The fourth-order valence-electron chi connectivity index (χ4n) is 1.85. The van der Waals surface area contributed by atoms with Crippen molar-refractivity contribution in [3.8, 4) is 0 Å². The molecule has 2 amide bonds. The van der Waals surface area contributed by atoms with E-state index < -0.39 is 22.3 Å². The van der Waals surface area contributed by atoms with Crippen molar-refractivity contribution in [1.29, 1.82) is 0 Å². The highest BCUT2D eigenvalue weighted by Crippen LogP contribution is 2.45. The minimum atomic E-state index is -0.891. The van der Waals surface area contributed by atoms with E-state index in [1.807, 2.05) is 0 Å². The van der Waals surface area contributed by atoms with Gasteiger partial charge in [-0.2, -0.15) is 0 Å². The van der Waals surface area contributed by atoms with Crippen LogP contribution in [0.2, 0.25) is 0 Å². The van der Waals surface area contributed by atoms with E-state index in [9.17, 15) is 19.7 Å². The molecule has 0 aliphatic heterocycles. The maximum Gasteiger partial charge on any atom is 0.315 e. The van der Waals surface area contributed by atoms with E-state index in [1.54, 1.807) is 12.1 Å². The number of carbonyl (C=O) groups excluding carboxylic acids is 1. The first kappa shape index (κ1) is 14.8. The number of non-ortho nitro benzene ring substituents is 1. The van der Waals surface area contributed by atoms with E-state index in [4.69, 9.17) is 5.11 Å². The Balaban J connectivity index is 1.76. The van der Waals surface area contributed by atoms with Gasteiger partial charge in [-0.1, -0.05) is 12.1 Å². The predicted octanol–water partition coefficient (Wildman–Crippen LogP) is 1.26. The number of nitro benzene ring substituents is 1. The highest BCUT2D eigenvalue weighted by molar-refractivity contribution is 5.80. The Hall–Kier alpha value is -2.64. The maximum atomic E-state index is 11.6. The molecule has 2 rings (SSSR count). The number of carbonyl (C=O) groups is 2. The molecule has 0 heterocycles. The molecule has 0 spiro atoms. The molecule has 0 aromatic heterocycles. The van der Waals surface area contributed by atoms with Crippen molar-refractivity contribution in [2.75, 3.05) is 6.54 Å². The molecule has 21 heavy (non-hydrogen) atoms. The third kappa shape index (κ3) is 3.68. The van der Waals surface area contributed by atoms with Gasteiger partial charge in [0.15, 0.2) is 0 Å². The van der Waals surface area contributed by atoms with Gasteiger partial charge in [0.25, 0.3) is 5.69 Å². The summed E-state index contributed by atoms with van der Waals surface area (Å²) in [5, 5.41) is 24.6. The molecule has 8 nitrogen and oxygen atoms in total. The number of amides is 2. The van der Waals surface area contributed by atoms with Crippen LogP contribution in [-0.4, -0.2) is 28.6 Å². The molecule has 3 N–H and O–H groups in total. The van der Waals surface area contributed by atoms with Gasteiger partial charge in [-0.15, -0.1) is 0 Å². The Bertz CT molecular complexity index is 566. The molecule has 1 fully saturated rings. The summed E-state index contributed by atoms with van der Waals surface area (Å²) in [6.07, 6.45) is 1.15. The van der Waals surface area contributed by atoms with Crippen LogP contribution in [0, 0.1) is 15.5 Å². The first-order valence-corrected chi connectivity index (χ1v) is 6.41. The normalized spacial score (nSPS) is 15.0. The zero-order valence-corrected chi connectivity index (χ0v) is 11.2. The number of benzene rings is 1. The van der Waals surface area contributed by atoms with Crippen LogP contribution < -0.4 is 10.6 Å². The minimum absolute atomic E-state index is 0.0136. The summed E-state index contributed by atoms with van der Waals surface area (Å²) in [5.41, 5.74) is -0.0968. The molecule has 1 aliphatic rings. The number of hydrogen-bond donors (Lipinski definition) is 3. The first-order chi connectivity index (χ1) is 9.93. The summed E-state index contributed by atoms with van der Waals surface area (Å²) >= 11 is 0. The average molecular weight is 293 g/mol. The van der Waals surface area contributed by atoms with E-state index in [0.717, 1.165) is 5.56 Å². The van der Waals surface area contributed by atoms with Crippen LogP contribution in [0.1, 0.15) is 18.4 Å². The Kier molecular flexibility index (Phi) is 4.06. The second-order valence-corrected chi connectivity index (χ2v) is 5.05. The zero-order valence-electron chi connectivity index (χ0n) is 11.2. The molecule has 8 heteroatoms. The largest absolute Gasteiger partial charge is 0.481 e. The van der Waals surface area contributed by atoms with Gasteiger partial charge in [0.05, 0.1) is 10.3 Å². The van der Waals surface area contributed by atoms with Crippen LogP contribution in [-0.2, 0) is 11.3 Å². The van der Waals surface area contributed by atoms with E-state index >= 15 is 0 Å². The van der Waals surface area contributed by atoms with E-state index in [0.29, 0.717) is 12.8 Å². The minimum Gasteiger partial charge on any atom is -0.481 e. The number of nitrogens with one attached hydrogen (secondary N) is 2. The third-order valence-corrected chi connectivity index (χ3v) is 3.49. The molecule has 0 unspecified atom stereocenters. The monoisotopic (exact) mass is 293 g/mol. The molecule has 0 saturated heterocycles. The molecule has 112 valence electrons. The number of nitro groups is 1. The van der Waals surface area contributed by atoms with Crippen molar-refractivity contribution in [2.45, 2.75) is 19.4 Å². The van der Waals surface area contributed by atoms with Gasteiger partial charge in [-0.05, 0) is 18.4 Å². The van der Waals surface area contributed by atoms with Gasteiger partial charge in [0, 0.05) is 25.2 Å². The first-order valence-electron chi connectivity index (χ1n) is 6.41. The third-order valence-electron chi connectivity index (χ3n) is 3.49. The van der Waals surface area contributed by atoms with Crippen molar-refractivity contribution in [1.82, 2.24) is 10.6 Å². The van der Waals surface area contributed by atoms with Crippen molar-refractivity contribution in [2.24, 2.45) is 5.41 Å². The van der Waals surface area contributed by atoms with Crippen LogP contribution >= 0.6 is 0 Å². The number of hydrogen-bond acceptors (Lipinski definition) is 4. The van der Waals surface area contributed by atoms with Gasteiger partial charge in [0.1, 0.15) is 0 Å². The van der Waals surface area contributed by atoms with Crippen molar-refractivity contribution < 1.29 is 19.6 Å². The van der Waals surface area contributed by atoms with E-state index in [2.05, 4.69) is 10.6 Å². The average Bonchev–Trinajstić information content (AvgIpc) is 3.24. The van der Waals surface area contributed by atoms with E-state index in [-0.39, 0.29) is 18.8 Å². The molecule has 1 aromatic carbocycles. The van der Waals surface area contributed by atoms with Gasteiger partial charge < -0.3 is 15.7 Å². The molecular formula is C13H15N3O5. The smallest absolute Gasteiger partial charge is 0.315 e. The van der Waals surface area contributed by atoms with Crippen LogP contribution in [0.3, 0.4) is 0 Å². The molecule has 1 aliphatic carbocycles. The van der Waals surface area contributed by atoms with Crippen molar-refractivity contribution >= 4 is 17.7 Å². The highest BCUT2D eigenvalue weighted by Gasteiger charge is 2.50. The SMILES string of the molecule is O=C(NCc1ccc([N+](=O)[O-])cc1)NCC1(C(=O)O)CC1. The lowest BCUT2D eigenvalue weighted by molar-refractivity contribution is -0.384. The summed E-state index contributed by atoms with van der Waals surface area (Å²) in [6.45, 7) is 0.318. The van der Waals surface area contributed by atoms with Crippen molar-refractivity contribution in [3.63, 3.8) is 0 Å². The number of carboxylic acid groups (broad SMARTS) is 1. The lowest BCUT2D eigenvalue weighted by atomic mass is 10.1. The predicted molar refractivity (Wildman–Crippen MR) is 72.6 cm³/mol. The topological polar surface area (TPSA) is 122 Å². The standard InChI is InChI=1S/C13H15N3O5/c17-11(18)13(5-6-13)8-15-12(19)14-7-9-1-3-10(4-2-9)16(20)21/h1-4H,5-8H2,(H,17,18)(H2,14,15,19). The molecule has 1 saturated carbocycles. The maximum absolute atomic E-state index is 11.6. The fourth-order valence-corrected chi connectivity index (χ4v) is 1.85. The lowest BCUT2D eigenvalue weighted by Crippen LogP contribution is -2.40. The number of nitrogens with zero attached hydrogens (tertiary/aromatic N) is 1. The summed E-state index contributed by atoms with van der Waals surface area (Å²) in [4.78, 5) is 32.5. The van der Waals surface area contributed by atoms with Crippen LogP contribution in [0.4, 0.5) is 10.5 Å². The molecule has 1 aromatic rings. The van der Waals surface area contributed by atoms with Gasteiger partial charge >= 0.3 is 12.0 Å². The van der Waals surface area contributed by atoms with Crippen molar-refractivity contribution in [3.05, 3.63) is 39.9 Å². The Morgan fingerprint density at radius 3 is 2.33 bits per heavy atom. The van der Waals surface area contributed by atoms with Crippen LogP contribution in [0.15, 0.2) is 24.3 Å². The fraction of sp³-hybridized carbons (Fsp3) is 0.385. The quantitative estimate of drug-likeness (QED) is 0.538. The van der Waals surface area contributed by atoms with Gasteiger partial charge in [0.2, 0.25) is 0 Å². The van der Waals surface area contributed by atoms with Gasteiger partial charge in [-0.25, -0.2) is 4.79 Å². The Labute approximate surface area is 120 Å². The van der Waals surface area contributed by atoms with Gasteiger partial charge in [-0.3, -0.25) is 14.9 Å². The second-order valence-electron chi connectivity index (χ2n) is 5.05. The van der Waals surface area contributed by atoms with Crippen LogP contribution in [0.5, 0.6) is 0 Å². The summed E-state index contributed by atoms with van der Waals surface area (Å²) in [5.74, 6) is -0.891.